The van der Waals surface area contributed by atoms with Gasteiger partial charge in [-0.3, -0.25) is 9.59 Å². The van der Waals surface area contributed by atoms with Crippen LogP contribution in [0.25, 0.3) is 0 Å². The molecule has 0 aliphatic rings. The van der Waals surface area contributed by atoms with Crippen LogP contribution in [0.5, 0.6) is 0 Å². The van der Waals surface area contributed by atoms with E-state index in [0.29, 0.717) is 11.4 Å². The van der Waals surface area contributed by atoms with Crippen molar-refractivity contribution in [1.82, 2.24) is 0 Å². The number of halogens is 1. The zero-order valence-corrected chi connectivity index (χ0v) is 9.79. The number of carbonyl (C=O) groups excluding carboxylic acids is 2. The Morgan fingerprint density at radius 3 is 2.44 bits per heavy atom. The lowest BCUT2D eigenvalue weighted by molar-refractivity contribution is -0.141. The average Bonchev–Trinajstić information content (AvgIpc) is 2.21. The fourth-order valence-corrected chi connectivity index (χ4v) is 1.35. The van der Waals surface area contributed by atoms with Crippen molar-refractivity contribution in [3.8, 4) is 0 Å². The predicted molar refractivity (Wildman–Crippen MR) is 61.4 cm³/mol. The lowest BCUT2D eigenvalue weighted by atomic mass is 10.1. The number of ketones is 1. The van der Waals surface area contributed by atoms with Gasteiger partial charge in [0.25, 0.3) is 0 Å². The number of hydrogen-bond acceptors (Lipinski definition) is 3. The lowest BCUT2D eigenvalue weighted by Crippen LogP contribution is -2.09. The standard InChI is InChI=1S/C12H13ClO3/c1-9(14)16-7-6-12(15)8-10-2-4-11(13)5-3-10/h2-5H,6-8H2,1H3. The molecule has 0 unspecified atom stereocenters. The van der Waals surface area contributed by atoms with Crippen molar-refractivity contribution < 1.29 is 14.3 Å². The zero-order valence-electron chi connectivity index (χ0n) is 9.03. The van der Waals surface area contributed by atoms with Crippen LogP contribution in [0.3, 0.4) is 0 Å². The minimum Gasteiger partial charge on any atom is -0.465 e. The molecule has 0 bridgehead atoms. The molecule has 0 aliphatic heterocycles. The van der Waals surface area contributed by atoms with Crippen LogP contribution in [-0.4, -0.2) is 18.4 Å². The molecule has 0 aromatic heterocycles. The van der Waals surface area contributed by atoms with E-state index in [1.165, 1.54) is 6.92 Å². The number of Topliss-reactive ketones (excluding diaryl/α,β-unsaturated/α-hetero) is 1. The molecule has 3 nitrogen and oxygen atoms in total. The first kappa shape index (κ1) is 12.7. The molecule has 0 N–H and O–H groups in total. The quantitative estimate of drug-likeness (QED) is 0.743. The summed E-state index contributed by atoms with van der Waals surface area (Å²) in [7, 11) is 0. The molecule has 0 fully saturated rings. The Hall–Kier alpha value is -1.35. The largest absolute Gasteiger partial charge is 0.465 e. The first-order chi connectivity index (χ1) is 7.58. The van der Waals surface area contributed by atoms with Gasteiger partial charge in [-0.25, -0.2) is 0 Å². The number of rotatable bonds is 5. The molecule has 0 aliphatic carbocycles. The Kier molecular flexibility index (Phi) is 4.99. The van der Waals surface area contributed by atoms with Crippen LogP contribution in [0.15, 0.2) is 24.3 Å². The Morgan fingerprint density at radius 1 is 1.25 bits per heavy atom. The summed E-state index contributed by atoms with van der Waals surface area (Å²) in [5, 5.41) is 0.649. The highest BCUT2D eigenvalue weighted by atomic mass is 35.5. The Morgan fingerprint density at radius 2 is 1.88 bits per heavy atom. The second kappa shape index (κ2) is 6.28. The SMILES string of the molecule is CC(=O)OCCC(=O)Cc1ccc(Cl)cc1. The van der Waals surface area contributed by atoms with Crippen molar-refractivity contribution in [1.29, 1.82) is 0 Å². The zero-order chi connectivity index (χ0) is 12.0. The van der Waals surface area contributed by atoms with Gasteiger partial charge in [-0.2, -0.15) is 0 Å². The topological polar surface area (TPSA) is 43.4 Å². The molecule has 86 valence electrons. The number of ether oxygens (including phenoxy) is 1. The van der Waals surface area contributed by atoms with Gasteiger partial charge in [0.1, 0.15) is 5.78 Å². The van der Waals surface area contributed by atoms with Gasteiger partial charge in [0.2, 0.25) is 0 Å². The maximum Gasteiger partial charge on any atom is 0.302 e. The summed E-state index contributed by atoms with van der Waals surface area (Å²) in [5.74, 6) is -0.317. The Labute approximate surface area is 99.4 Å². The molecule has 16 heavy (non-hydrogen) atoms. The average molecular weight is 241 g/mol. The normalized spacial score (nSPS) is 9.88. The highest BCUT2D eigenvalue weighted by Crippen LogP contribution is 2.10. The predicted octanol–water partition coefficient (Wildman–Crippen LogP) is 2.40. The highest BCUT2D eigenvalue weighted by Gasteiger charge is 2.04. The molecular formula is C12H13ClO3. The summed E-state index contributed by atoms with van der Waals surface area (Å²) >= 11 is 5.72. The molecule has 4 heteroatoms. The van der Waals surface area contributed by atoms with E-state index in [2.05, 4.69) is 4.74 Å². The van der Waals surface area contributed by atoms with Gasteiger partial charge in [-0.15, -0.1) is 0 Å². The second-order valence-electron chi connectivity index (χ2n) is 3.43. The second-order valence-corrected chi connectivity index (χ2v) is 3.87. The van der Waals surface area contributed by atoms with Crippen LogP contribution < -0.4 is 0 Å². The summed E-state index contributed by atoms with van der Waals surface area (Å²) in [6, 6.07) is 7.12. The molecule has 0 amide bonds. The maximum atomic E-state index is 11.5. The first-order valence-electron chi connectivity index (χ1n) is 4.97. The molecule has 1 aromatic carbocycles. The van der Waals surface area contributed by atoms with Gasteiger partial charge in [0.15, 0.2) is 0 Å². The highest BCUT2D eigenvalue weighted by molar-refractivity contribution is 6.30. The molecular weight excluding hydrogens is 228 g/mol. The summed E-state index contributed by atoms with van der Waals surface area (Å²) in [5.41, 5.74) is 0.914. The fourth-order valence-electron chi connectivity index (χ4n) is 1.23. The number of hydrogen-bond donors (Lipinski definition) is 0. The molecule has 1 rings (SSSR count). The van der Waals surface area contributed by atoms with Crippen molar-refractivity contribution in [3.63, 3.8) is 0 Å². The Bertz CT molecular complexity index is 370. The monoisotopic (exact) mass is 240 g/mol. The van der Waals surface area contributed by atoms with Gasteiger partial charge in [0, 0.05) is 24.8 Å². The van der Waals surface area contributed by atoms with E-state index in [1.807, 2.05) is 12.1 Å². The van der Waals surface area contributed by atoms with E-state index in [4.69, 9.17) is 11.6 Å². The van der Waals surface area contributed by atoms with Crippen molar-refractivity contribution in [3.05, 3.63) is 34.9 Å². The third-order valence-corrected chi connectivity index (χ3v) is 2.25. The van der Waals surface area contributed by atoms with Gasteiger partial charge in [0.05, 0.1) is 6.61 Å². The lowest BCUT2D eigenvalue weighted by Gasteiger charge is -2.02. The van der Waals surface area contributed by atoms with Gasteiger partial charge < -0.3 is 4.74 Å². The number of esters is 1. The van der Waals surface area contributed by atoms with Crippen molar-refractivity contribution >= 4 is 23.4 Å². The van der Waals surface area contributed by atoms with Crippen LogP contribution in [0.1, 0.15) is 18.9 Å². The smallest absolute Gasteiger partial charge is 0.302 e. The number of carbonyl (C=O) groups is 2. The minimum absolute atomic E-state index is 0.0450. The van der Waals surface area contributed by atoms with Crippen LogP contribution in [0.4, 0.5) is 0 Å². The van der Waals surface area contributed by atoms with Crippen LogP contribution in [0.2, 0.25) is 5.02 Å². The summed E-state index contributed by atoms with van der Waals surface area (Å²) < 4.78 is 4.69. The van der Waals surface area contributed by atoms with Crippen molar-refractivity contribution in [2.45, 2.75) is 19.8 Å². The summed E-state index contributed by atoms with van der Waals surface area (Å²) in [6.07, 6.45) is 0.598. The van der Waals surface area contributed by atoms with E-state index in [-0.39, 0.29) is 24.8 Å². The fraction of sp³-hybridized carbons (Fsp3) is 0.333. The van der Waals surface area contributed by atoms with Crippen LogP contribution in [-0.2, 0) is 20.7 Å². The minimum atomic E-state index is -0.362. The van der Waals surface area contributed by atoms with Gasteiger partial charge in [-0.05, 0) is 17.7 Å². The molecule has 0 saturated heterocycles. The van der Waals surface area contributed by atoms with E-state index in [0.717, 1.165) is 5.56 Å². The Balaban J connectivity index is 2.34. The maximum absolute atomic E-state index is 11.5. The molecule has 0 saturated carbocycles. The molecule has 0 heterocycles. The molecule has 0 atom stereocenters. The first-order valence-corrected chi connectivity index (χ1v) is 5.35. The molecule has 1 aromatic rings. The van der Waals surface area contributed by atoms with E-state index >= 15 is 0 Å². The summed E-state index contributed by atoms with van der Waals surface area (Å²) in [6.45, 7) is 1.48. The van der Waals surface area contributed by atoms with Crippen molar-refractivity contribution in [2.75, 3.05) is 6.61 Å². The molecule has 0 radical (unpaired) electrons. The van der Waals surface area contributed by atoms with Gasteiger partial charge >= 0.3 is 5.97 Å². The molecule has 0 spiro atoms. The van der Waals surface area contributed by atoms with Crippen molar-refractivity contribution in [2.24, 2.45) is 0 Å². The van der Waals surface area contributed by atoms with Crippen LogP contribution >= 0.6 is 11.6 Å². The summed E-state index contributed by atoms with van der Waals surface area (Å²) in [4.78, 5) is 21.9. The van der Waals surface area contributed by atoms with E-state index < -0.39 is 0 Å². The van der Waals surface area contributed by atoms with Crippen LogP contribution in [0, 0.1) is 0 Å². The third-order valence-electron chi connectivity index (χ3n) is 2.00. The third kappa shape index (κ3) is 4.94. The number of benzene rings is 1. The van der Waals surface area contributed by atoms with E-state index in [9.17, 15) is 9.59 Å². The van der Waals surface area contributed by atoms with E-state index in [1.54, 1.807) is 12.1 Å². The van der Waals surface area contributed by atoms with Gasteiger partial charge in [-0.1, -0.05) is 23.7 Å².